The van der Waals surface area contributed by atoms with E-state index in [2.05, 4.69) is 10.6 Å². The van der Waals surface area contributed by atoms with Crippen LogP contribution in [0.3, 0.4) is 0 Å². The average Bonchev–Trinajstić information content (AvgIpc) is 2.87. The molecule has 0 saturated carbocycles. The molecule has 35 heavy (non-hydrogen) atoms. The summed E-state index contributed by atoms with van der Waals surface area (Å²) in [6.45, 7) is 0. The number of fused-ring (bicyclic) bond motifs is 1. The van der Waals surface area contributed by atoms with E-state index in [9.17, 15) is 19.2 Å². The van der Waals surface area contributed by atoms with Gasteiger partial charge in [0, 0.05) is 42.3 Å². The highest BCUT2D eigenvalue weighted by Gasteiger charge is 2.33. The first-order valence-electron chi connectivity index (χ1n) is 11.1. The van der Waals surface area contributed by atoms with Crippen molar-refractivity contribution in [2.75, 3.05) is 24.7 Å². The molecule has 10 nitrogen and oxygen atoms in total. The second-order valence-electron chi connectivity index (χ2n) is 8.44. The summed E-state index contributed by atoms with van der Waals surface area (Å²) in [6.07, 6.45) is 0. The molecule has 0 unspecified atom stereocenters. The first-order valence-corrected chi connectivity index (χ1v) is 11.1. The SMILES string of the molecule is CNc1c(C(c2c(NC)n(C)c(=O)n(C)c2=O)c2cccc3ccccc23)c(=O)n(C)c(=O)n1C. The molecule has 0 fully saturated rings. The fraction of sp³-hybridized carbons (Fsp3) is 0.280. The molecule has 2 N–H and O–H groups in total. The van der Waals surface area contributed by atoms with Crippen LogP contribution in [-0.2, 0) is 28.2 Å². The molecule has 4 rings (SSSR count). The number of rotatable bonds is 5. The van der Waals surface area contributed by atoms with E-state index in [1.54, 1.807) is 28.2 Å². The molecular weight excluding hydrogens is 448 g/mol. The number of hydrogen-bond acceptors (Lipinski definition) is 6. The summed E-state index contributed by atoms with van der Waals surface area (Å²) in [5.74, 6) is -0.329. The molecule has 0 saturated heterocycles. The second-order valence-corrected chi connectivity index (χ2v) is 8.44. The fourth-order valence-electron chi connectivity index (χ4n) is 4.82. The molecule has 0 aliphatic carbocycles. The lowest BCUT2D eigenvalue weighted by Crippen LogP contribution is -2.44. The molecule has 0 spiro atoms. The Kier molecular flexibility index (Phi) is 5.98. The van der Waals surface area contributed by atoms with Gasteiger partial charge >= 0.3 is 11.4 Å². The Morgan fingerprint density at radius 2 is 1.09 bits per heavy atom. The molecule has 2 aromatic heterocycles. The Morgan fingerprint density at radius 3 is 1.57 bits per heavy atom. The molecule has 0 aliphatic heterocycles. The monoisotopic (exact) mass is 476 g/mol. The quantitative estimate of drug-likeness (QED) is 0.443. The van der Waals surface area contributed by atoms with Crippen molar-refractivity contribution < 1.29 is 0 Å². The highest BCUT2D eigenvalue weighted by molar-refractivity contribution is 5.87. The lowest BCUT2D eigenvalue weighted by atomic mass is 9.83. The van der Waals surface area contributed by atoms with Gasteiger partial charge in [-0.05, 0) is 16.3 Å². The van der Waals surface area contributed by atoms with Crippen LogP contribution in [0.5, 0.6) is 0 Å². The highest BCUT2D eigenvalue weighted by atomic mass is 16.2. The zero-order valence-corrected chi connectivity index (χ0v) is 20.5. The van der Waals surface area contributed by atoms with E-state index in [0.717, 1.165) is 19.9 Å². The van der Waals surface area contributed by atoms with Crippen molar-refractivity contribution >= 4 is 22.4 Å². The third-order valence-corrected chi connectivity index (χ3v) is 6.58. The maximum Gasteiger partial charge on any atom is 0.332 e. The van der Waals surface area contributed by atoms with Gasteiger partial charge in [0.15, 0.2) is 0 Å². The Hall–Kier alpha value is -4.34. The minimum absolute atomic E-state index is 0.223. The maximum atomic E-state index is 13.7. The first kappa shape index (κ1) is 23.8. The minimum atomic E-state index is -0.901. The van der Waals surface area contributed by atoms with Crippen LogP contribution in [0.2, 0.25) is 0 Å². The maximum absolute atomic E-state index is 13.7. The van der Waals surface area contributed by atoms with Gasteiger partial charge in [-0.1, -0.05) is 42.5 Å². The van der Waals surface area contributed by atoms with E-state index >= 15 is 0 Å². The van der Waals surface area contributed by atoms with Crippen molar-refractivity contribution in [3.63, 3.8) is 0 Å². The third-order valence-electron chi connectivity index (χ3n) is 6.58. The molecule has 182 valence electrons. The standard InChI is InChI=1S/C25H28N6O4/c1-26-20-18(22(32)30(5)24(34)28(20)3)17(16-13-9-11-14-10-7-8-12-15(14)16)19-21(27-2)29(4)25(35)31(6)23(19)33/h7-13,17,26-27H,1-6H3. The molecular formula is C25H28N6O4. The van der Waals surface area contributed by atoms with E-state index < -0.39 is 28.4 Å². The van der Waals surface area contributed by atoms with Gasteiger partial charge < -0.3 is 10.6 Å². The van der Waals surface area contributed by atoms with Crippen molar-refractivity contribution in [1.29, 1.82) is 0 Å². The van der Waals surface area contributed by atoms with Crippen LogP contribution in [0, 0.1) is 0 Å². The summed E-state index contributed by atoms with van der Waals surface area (Å²) >= 11 is 0. The summed E-state index contributed by atoms with van der Waals surface area (Å²) in [7, 11) is 9.19. The Labute approximate surface area is 200 Å². The van der Waals surface area contributed by atoms with Gasteiger partial charge in [0.25, 0.3) is 11.1 Å². The van der Waals surface area contributed by atoms with E-state index in [0.29, 0.717) is 5.56 Å². The van der Waals surface area contributed by atoms with Crippen LogP contribution in [0.25, 0.3) is 10.8 Å². The third kappa shape index (κ3) is 3.49. The number of hydrogen-bond donors (Lipinski definition) is 2. The van der Waals surface area contributed by atoms with Crippen LogP contribution in [0.4, 0.5) is 11.6 Å². The summed E-state index contributed by atoms with van der Waals surface area (Å²) < 4.78 is 4.75. The zero-order valence-electron chi connectivity index (χ0n) is 20.5. The van der Waals surface area contributed by atoms with Gasteiger partial charge in [0.05, 0.1) is 17.0 Å². The Morgan fingerprint density at radius 1 is 0.629 bits per heavy atom. The van der Waals surface area contributed by atoms with Crippen molar-refractivity contribution in [3.05, 3.63) is 101 Å². The number of nitrogens with one attached hydrogen (secondary N) is 2. The van der Waals surface area contributed by atoms with E-state index in [-0.39, 0.29) is 22.8 Å². The van der Waals surface area contributed by atoms with Gasteiger partial charge in [-0.25, -0.2) is 9.59 Å². The van der Waals surface area contributed by atoms with Crippen molar-refractivity contribution in [1.82, 2.24) is 18.3 Å². The molecule has 0 atom stereocenters. The van der Waals surface area contributed by atoms with Crippen LogP contribution < -0.4 is 33.1 Å². The van der Waals surface area contributed by atoms with Gasteiger partial charge in [0.2, 0.25) is 0 Å². The van der Waals surface area contributed by atoms with Crippen molar-refractivity contribution in [3.8, 4) is 0 Å². The zero-order chi connectivity index (χ0) is 25.6. The Bertz CT molecular complexity index is 1610. The lowest BCUT2D eigenvalue weighted by molar-refractivity contribution is 0.652. The van der Waals surface area contributed by atoms with Gasteiger partial charge in [-0.3, -0.25) is 27.9 Å². The predicted octanol–water partition coefficient (Wildman–Crippen LogP) is 0.898. The van der Waals surface area contributed by atoms with Gasteiger partial charge in [0.1, 0.15) is 11.6 Å². The van der Waals surface area contributed by atoms with Crippen molar-refractivity contribution in [2.24, 2.45) is 28.2 Å². The number of aromatic nitrogens is 4. The molecule has 2 aromatic carbocycles. The Balaban J connectivity index is 2.32. The predicted molar refractivity (Wildman–Crippen MR) is 138 cm³/mol. The summed E-state index contributed by atoms with van der Waals surface area (Å²) in [5, 5.41) is 7.75. The molecule has 0 radical (unpaired) electrons. The molecule has 0 bridgehead atoms. The number of nitrogens with zero attached hydrogens (tertiary/aromatic N) is 4. The molecule has 0 amide bonds. The van der Waals surface area contributed by atoms with Crippen LogP contribution in [0.1, 0.15) is 22.6 Å². The summed E-state index contributed by atoms with van der Waals surface area (Å²) in [6, 6.07) is 13.3. The van der Waals surface area contributed by atoms with Crippen LogP contribution >= 0.6 is 0 Å². The average molecular weight is 477 g/mol. The summed E-state index contributed by atoms with van der Waals surface area (Å²) in [4.78, 5) is 52.9. The van der Waals surface area contributed by atoms with Crippen LogP contribution in [0.15, 0.2) is 61.6 Å². The molecule has 10 heteroatoms. The normalized spacial score (nSPS) is 11.3. The van der Waals surface area contributed by atoms with E-state index in [1.807, 2.05) is 42.5 Å². The molecule has 2 heterocycles. The van der Waals surface area contributed by atoms with E-state index in [1.165, 1.54) is 23.2 Å². The van der Waals surface area contributed by atoms with Crippen molar-refractivity contribution in [2.45, 2.75) is 5.92 Å². The summed E-state index contributed by atoms with van der Waals surface area (Å²) in [5.41, 5.74) is -0.922. The van der Waals surface area contributed by atoms with Gasteiger partial charge in [-0.2, -0.15) is 0 Å². The molecule has 0 aliphatic rings. The molecule has 4 aromatic rings. The topological polar surface area (TPSA) is 112 Å². The fourth-order valence-corrected chi connectivity index (χ4v) is 4.82. The number of anilines is 2. The second kappa shape index (κ2) is 8.79. The number of benzene rings is 2. The van der Waals surface area contributed by atoms with Crippen LogP contribution in [-0.4, -0.2) is 32.4 Å². The smallest absolute Gasteiger partial charge is 0.332 e. The largest absolute Gasteiger partial charge is 0.374 e. The van der Waals surface area contributed by atoms with E-state index in [4.69, 9.17) is 0 Å². The highest BCUT2D eigenvalue weighted by Crippen LogP contribution is 2.38. The lowest BCUT2D eigenvalue weighted by Gasteiger charge is -2.26. The minimum Gasteiger partial charge on any atom is -0.374 e. The first-order chi connectivity index (χ1) is 16.6. The van der Waals surface area contributed by atoms with Gasteiger partial charge in [-0.15, -0.1) is 0 Å².